The van der Waals surface area contributed by atoms with E-state index >= 15 is 0 Å². The molecule has 2 aliphatic rings. The minimum Gasteiger partial charge on any atom is -0.478 e. The van der Waals surface area contributed by atoms with Gasteiger partial charge < -0.3 is 15.1 Å². The monoisotopic (exact) mass is 327 g/mol. The van der Waals surface area contributed by atoms with E-state index in [4.69, 9.17) is 5.11 Å². The number of carboxylic acids is 1. The van der Waals surface area contributed by atoms with Crippen LogP contribution in [-0.4, -0.2) is 21.9 Å². The van der Waals surface area contributed by atoms with Gasteiger partial charge in [-0.25, -0.2) is 4.79 Å². The number of allylic oxidation sites excluding steroid dienone is 2. The fourth-order valence-corrected chi connectivity index (χ4v) is 2.96. The highest BCUT2D eigenvalue weighted by Crippen LogP contribution is 2.28. The van der Waals surface area contributed by atoms with Crippen molar-refractivity contribution in [2.24, 2.45) is 0 Å². The topological polar surface area (TPSA) is 64.6 Å². The van der Waals surface area contributed by atoms with Crippen LogP contribution in [0.1, 0.15) is 22.8 Å². The Balaban J connectivity index is 1.62. The van der Waals surface area contributed by atoms with Gasteiger partial charge in [0.15, 0.2) is 0 Å². The summed E-state index contributed by atoms with van der Waals surface area (Å²) in [5.74, 6) is -0.905. The van der Waals surface area contributed by atoms with Gasteiger partial charge in [-0.1, -0.05) is 23.8 Å². The first-order valence-electron chi connectivity index (χ1n) is 7.18. The second-order valence-corrected chi connectivity index (χ2v) is 6.07. The number of nitrogens with zero attached hydrogens (tertiary/aromatic N) is 1. The van der Waals surface area contributed by atoms with Crippen LogP contribution < -0.4 is 10.0 Å². The number of carbonyl (C=O) groups is 1. The zero-order valence-electron chi connectivity index (χ0n) is 12.6. The molecule has 5 nitrogen and oxygen atoms in total. The number of fused-ring (bicyclic) bond motifs is 1. The number of nitrogens with one attached hydrogen (secondary N) is 2. The zero-order chi connectivity index (χ0) is 16.2. The molecule has 6 heteroatoms. The van der Waals surface area contributed by atoms with Crippen LogP contribution in [0.15, 0.2) is 65.8 Å². The van der Waals surface area contributed by atoms with E-state index < -0.39 is 5.97 Å². The molecule has 0 atom stereocenters. The first-order chi connectivity index (χ1) is 11.1. The molecule has 23 heavy (non-hydrogen) atoms. The minimum atomic E-state index is -0.905. The first kappa shape index (κ1) is 15.3. The smallest absolute Gasteiger partial charge is 0.335 e. The van der Waals surface area contributed by atoms with Crippen LogP contribution in [0.25, 0.3) is 6.08 Å². The van der Waals surface area contributed by atoms with Crippen LogP contribution in [0.5, 0.6) is 0 Å². The van der Waals surface area contributed by atoms with Crippen LogP contribution in [0, 0.1) is 0 Å². The standard InChI is InChI=1S/C17H17N3O2S/c1-12(9-13-4-6-14(7-5-13)17(21)22)10-18-15-3-2-8-20-16(15)11-19-23-20/h2-9,11,18-19H,10H2,1H3,(H,21,22). The van der Waals surface area contributed by atoms with Crippen molar-refractivity contribution in [1.82, 2.24) is 14.3 Å². The molecular formula is C17H17N3O2S. The van der Waals surface area contributed by atoms with Gasteiger partial charge in [-0.05, 0) is 36.8 Å². The van der Waals surface area contributed by atoms with Gasteiger partial charge in [0.1, 0.15) is 0 Å². The fraction of sp³-hybridized carbons (Fsp3) is 0.118. The van der Waals surface area contributed by atoms with Crippen molar-refractivity contribution in [3.05, 3.63) is 76.9 Å². The van der Waals surface area contributed by atoms with E-state index in [1.54, 1.807) is 12.1 Å². The van der Waals surface area contributed by atoms with Crippen molar-refractivity contribution in [2.75, 3.05) is 6.54 Å². The number of benzene rings is 1. The Kier molecular flexibility index (Phi) is 4.43. The molecule has 0 spiro atoms. The van der Waals surface area contributed by atoms with Gasteiger partial charge >= 0.3 is 5.97 Å². The van der Waals surface area contributed by atoms with Gasteiger partial charge in [0.25, 0.3) is 0 Å². The summed E-state index contributed by atoms with van der Waals surface area (Å²) in [7, 11) is 0. The predicted octanol–water partition coefficient (Wildman–Crippen LogP) is 3.10. The Bertz CT molecular complexity index is 733. The minimum absolute atomic E-state index is 0.301. The maximum absolute atomic E-state index is 10.8. The lowest BCUT2D eigenvalue weighted by Gasteiger charge is -2.21. The second kappa shape index (κ2) is 6.66. The highest BCUT2D eigenvalue weighted by Gasteiger charge is 2.19. The van der Waals surface area contributed by atoms with Crippen molar-refractivity contribution >= 4 is 24.2 Å². The molecule has 0 saturated carbocycles. The first-order valence-corrected chi connectivity index (χ1v) is 7.96. The van der Waals surface area contributed by atoms with E-state index in [2.05, 4.69) is 14.3 Å². The van der Waals surface area contributed by atoms with Crippen LogP contribution in [-0.2, 0) is 0 Å². The largest absolute Gasteiger partial charge is 0.478 e. The van der Waals surface area contributed by atoms with Crippen LogP contribution in [0.3, 0.4) is 0 Å². The summed E-state index contributed by atoms with van der Waals surface area (Å²) < 4.78 is 5.18. The molecule has 0 fully saturated rings. The van der Waals surface area contributed by atoms with Gasteiger partial charge in [-0.15, -0.1) is 0 Å². The number of aromatic carboxylic acids is 1. The number of rotatable bonds is 5. The third-order valence-electron chi connectivity index (χ3n) is 3.47. The molecule has 1 aromatic carbocycles. The van der Waals surface area contributed by atoms with E-state index in [9.17, 15) is 4.79 Å². The van der Waals surface area contributed by atoms with Crippen molar-refractivity contribution in [1.29, 1.82) is 0 Å². The summed E-state index contributed by atoms with van der Waals surface area (Å²) in [6.07, 6.45) is 10.1. The third-order valence-corrected chi connectivity index (χ3v) is 4.21. The highest BCUT2D eigenvalue weighted by atomic mass is 32.2. The fourth-order valence-electron chi connectivity index (χ4n) is 2.30. The molecule has 0 bridgehead atoms. The molecule has 0 unspecified atom stereocenters. The predicted molar refractivity (Wildman–Crippen MR) is 92.9 cm³/mol. The third kappa shape index (κ3) is 3.60. The normalized spacial score (nSPS) is 16.4. The van der Waals surface area contributed by atoms with Crippen molar-refractivity contribution in [3.8, 4) is 0 Å². The van der Waals surface area contributed by atoms with Gasteiger partial charge in [0, 0.05) is 18.9 Å². The Morgan fingerprint density at radius 2 is 2.17 bits per heavy atom. The molecular weight excluding hydrogens is 310 g/mol. The molecule has 3 rings (SSSR count). The molecule has 0 saturated heterocycles. The summed E-state index contributed by atoms with van der Waals surface area (Å²) in [5.41, 5.74) is 4.63. The van der Waals surface area contributed by atoms with Crippen LogP contribution in [0.2, 0.25) is 0 Å². The van der Waals surface area contributed by atoms with Gasteiger partial charge in [-0.3, -0.25) is 4.31 Å². The van der Waals surface area contributed by atoms with Crippen LogP contribution in [0.4, 0.5) is 0 Å². The summed E-state index contributed by atoms with van der Waals surface area (Å²) >= 11 is 1.53. The lowest BCUT2D eigenvalue weighted by Crippen LogP contribution is -2.22. The van der Waals surface area contributed by atoms with E-state index in [-0.39, 0.29) is 0 Å². The maximum Gasteiger partial charge on any atom is 0.335 e. The lowest BCUT2D eigenvalue weighted by molar-refractivity contribution is 0.0697. The van der Waals surface area contributed by atoms with Crippen molar-refractivity contribution < 1.29 is 9.90 Å². The quantitative estimate of drug-likeness (QED) is 0.722. The Morgan fingerprint density at radius 1 is 1.39 bits per heavy atom. The molecule has 0 amide bonds. The molecule has 1 aromatic rings. The Labute approximate surface area is 139 Å². The molecule has 0 aromatic heterocycles. The Morgan fingerprint density at radius 3 is 2.91 bits per heavy atom. The van der Waals surface area contributed by atoms with Gasteiger partial charge in [0.2, 0.25) is 0 Å². The van der Waals surface area contributed by atoms with Gasteiger partial charge in [0.05, 0.1) is 29.1 Å². The molecule has 2 aliphatic heterocycles. The maximum atomic E-state index is 10.8. The summed E-state index contributed by atoms with van der Waals surface area (Å²) in [6.45, 7) is 2.77. The van der Waals surface area contributed by atoms with E-state index in [1.165, 1.54) is 12.1 Å². The summed E-state index contributed by atoms with van der Waals surface area (Å²) in [4.78, 5) is 10.8. The molecule has 2 heterocycles. The van der Waals surface area contributed by atoms with E-state index in [0.29, 0.717) is 5.56 Å². The average Bonchev–Trinajstić information content (AvgIpc) is 3.02. The number of carboxylic acid groups (broad SMARTS) is 1. The molecule has 0 radical (unpaired) electrons. The van der Waals surface area contributed by atoms with Crippen molar-refractivity contribution in [2.45, 2.75) is 6.92 Å². The molecule has 118 valence electrons. The highest BCUT2D eigenvalue weighted by molar-refractivity contribution is 7.95. The number of hydrogen-bond acceptors (Lipinski definition) is 5. The molecule has 0 aliphatic carbocycles. The lowest BCUT2D eigenvalue weighted by atomic mass is 10.1. The van der Waals surface area contributed by atoms with E-state index in [0.717, 1.165) is 29.1 Å². The molecule has 3 N–H and O–H groups in total. The van der Waals surface area contributed by atoms with E-state index in [1.807, 2.05) is 49.7 Å². The SMILES string of the molecule is CC(=Cc1ccc(C(=O)O)cc1)CNC1=CC=CN2SNC=C12. The summed E-state index contributed by atoms with van der Waals surface area (Å²) in [6, 6.07) is 6.87. The van der Waals surface area contributed by atoms with Crippen LogP contribution >= 0.6 is 12.1 Å². The average molecular weight is 327 g/mol. The van der Waals surface area contributed by atoms with Gasteiger partial charge in [-0.2, -0.15) is 0 Å². The Hall–Kier alpha value is -2.60. The second-order valence-electron chi connectivity index (χ2n) is 5.26. The van der Waals surface area contributed by atoms with Crippen molar-refractivity contribution in [3.63, 3.8) is 0 Å². The zero-order valence-corrected chi connectivity index (χ0v) is 13.4. The summed E-state index contributed by atoms with van der Waals surface area (Å²) in [5, 5.41) is 12.3. The number of hydrogen-bond donors (Lipinski definition) is 3.